The lowest BCUT2D eigenvalue weighted by Crippen LogP contribution is -2.35. The molecule has 1 aliphatic rings. The molecule has 0 bridgehead atoms. The summed E-state index contributed by atoms with van der Waals surface area (Å²) in [6, 6.07) is 14.4. The van der Waals surface area contributed by atoms with Gasteiger partial charge in [-0.05, 0) is 54.3 Å². The van der Waals surface area contributed by atoms with Crippen LogP contribution in [-0.2, 0) is 16.1 Å². The van der Waals surface area contributed by atoms with E-state index in [0.717, 1.165) is 30.7 Å². The fourth-order valence-corrected chi connectivity index (χ4v) is 3.27. The van der Waals surface area contributed by atoms with Crippen LogP contribution in [0.25, 0.3) is 6.08 Å². The van der Waals surface area contributed by atoms with E-state index >= 15 is 0 Å². The molecule has 28 heavy (non-hydrogen) atoms. The standard InChI is InChI=1S/C23H27FN2O2/c1-25(2)21-11-8-19(9-12-21)16-26(17-22-7-4-14-28-22)23(27)13-10-18-5-3-6-20(24)15-18/h3,5-6,8-13,15,22H,4,7,14,16-17H2,1-2H3. The van der Waals surface area contributed by atoms with Gasteiger partial charge in [0.15, 0.2) is 0 Å². The van der Waals surface area contributed by atoms with Gasteiger partial charge in [-0.15, -0.1) is 0 Å². The van der Waals surface area contributed by atoms with Crippen molar-refractivity contribution in [1.29, 1.82) is 0 Å². The summed E-state index contributed by atoms with van der Waals surface area (Å²) in [7, 11) is 4.00. The molecule has 0 aromatic heterocycles. The fraction of sp³-hybridized carbons (Fsp3) is 0.348. The number of rotatable bonds is 7. The Kier molecular flexibility index (Phi) is 6.82. The van der Waals surface area contributed by atoms with E-state index in [9.17, 15) is 9.18 Å². The van der Waals surface area contributed by atoms with Crippen LogP contribution in [0.4, 0.5) is 10.1 Å². The lowest BCUT2D eigenvalue weighted by Gasteiger charge is -2.25. The van der Waals surface area contributed by atoms with Crippen molar-refractivity contribution in [3.63, 3.8) is 0 Å². The molecule has 1 unspecified atom stereocenters. The second-order valence-electron chi connectivity index (χ2n) is 7.30. The first kappa shape index (κ1) is 20.1. The van der Waals surface area contributed by atoms with E-state index in [4.69, 9.17) is 4.74 Å². The first-order valence-electron chi connectivity index (χ1n) is 9.62. The molecule has 3 rings (SSSR count). The van der Waals surface area contributed by atoms with Crippen LogP contribution in [-0.4, -0.2) is 44.2 Å². The summed E-state index contributed by atoms with van der Waals surface area (Å²) in [5, 5.41) is 0. The predicted octanol–water partition coefficient (Wildman–Crippen LogP) is 4.11. The Bertz CT molecular complexity index is 812. The number of carbonyl (C=O) groups excluding carboxylic acids is 1. The molecule has 2 aromatic carbocycles. The molecule has 1 heterocycles. The highest BCUT2D eigenvalue weighted by Gasteiger charge is 2.21. The Labute approximate surface area is 166 Å². The van der Waals surface area contributed by atoms with E-state index in [1.165, 1.54) is 18.2 Å². The number of hydrogen-bond acceptors (Lipinski definition) is 3. The lowest BCUT2D eigenvalue weighted by atomic mass is 10.1. The molecule has 1 saturated heterocycles. The van der Waals surface area contributed by atoms with E-state index in [1.54, 1.807) is 23.1 Å². The molecule has 0 spiro atoms. The van der Waals surface area contributed by atoms with E-state index in [1.807, 2.05) is 43.3 Å². The average molecular weight is 382 g/mol. The van der Waals surface area contributed by atoms with Gasteiger partial charge in [-0.3, -0.25) is 4.79 Å². The Morgan fingerprint density at radius 3 is 2.64 bits per heavy atom. The van der Waals surface area contributed by atoms with Crippen molar-refractivity contribution in [2.24, 2.45) is 0 Å². The third-order valence-electron chi connectivity index (χ3n) is 4.85. The van der Waals surface area contributed by atoms with E-state index in [0.29, 0.717) is 18.7 Å². The number of ether oxygens (including phenoxy) is 1. The zero-order valence-electron chi connectivity index (χ0n) is 16.5. The summed E-state index contributed by atoms with van der Waals surface area (Å²) >= 11 is 0. The number of amides is 1. The molecule has 1 aliphatic heterocycles. The second kappa shape index (κ2) is 9.51. The summed E-state index contributed by atoms with van der Waals surface area (Å²) in [6.45, 7) is 1.82. The third-order valence-corrected chi connectivity index (χ3v) is 4.85. The summed E-state index contributed by atoms with van der Waals surface area (Å²) < 4.78 is 19.1. The lowest BCUT2D eigenvalue weighted by molar-refractivity contribution is -0.128. The van der Waals surface area contributed by atoms with Gasteiger partial charge < -0.3 is 14.5 Å². The van der Waals surface area contributed by atoms with Gasteiger partial charge in [-0.1, -0.05) is 24.3 Å². The van der Waals surface area contributed by atoms with Crippen molar-refractivity contribution >= 4 is 17.7 Å². The molecular weight excluding hydrogens is 355 g/mol. The van der Waals surface area contributed by atoms with Gasteiger partial charge in [0, 0.05) is 45.6 Å². The van der Waals surface area contributed by atoms with E-state index in [-0.39, 0.29) is 17.8 Å². The fourth-order valence-electron chi connectivity index (χ4n) is 3.27. The minimum Gasteiger partial charge on any atom is -0.378 e. The quantitative estimate of drug-likeness (QED) is 0.676. The molecule has 2 aromatic rings. The number of hydrogen-bond donors (Lipinski definition) is 0. The zero-order chi connectivity index (χ0) is 19.9. The van der Waals surface area contributed by atoms with Crippen molar-refractivity contribution in [3.05, 3.63) is 71.6 Å². The molecule has 0 aliphatic carbocycles. The minimum atomic E-state index is -0.313. The first-order chi connectivity index (χ1) is 13.5. The Morgan fingerprint density at radius 2 is 2.00 bits per heavy atom. The Balaban J connectivity index is 1.72. The van der Waals surface area contributed by atoms with Gasteiger partial charge in [-0.25, -0.2) is 4.39 Å². The van der Waals surface area contributed by atoms with Crippen LogP contribution in [0, 0.1) is 5.82 Å². The van der Waals surface area contributed by atoms with Crippen molar-refractivity contribution in [3.8, 4) is 0 Å². The predicted molar refractivity (Wildman–Crippen MR) is 111 cm³/mol. The summed E-state index contributed by atoms with van der Waals surface area (Å²) in [6.07, 6.45) is 5.24. The van der Waals surface area contributed by atoms with Crippen LogP contribution in [0.2, 0.25) is 0 Å². The van der Waals surface area contributed by atoms with Crippen LogP contribution in [0.3, 0.4) is 0 Å². The molecule has 148 valence electrons. The van der Waals surface area contributed by atoms with Crippen LogP contribution in [0.1, 0.15) is 24.0 Å². The first-order valence-corrected chi connectivity index (χ1v) is 9.62. The zero-order valence-corrected chi connectivity index (χ0v) is 16.5. The molecule has 1 fully saturated rings. The Hall–Kier alpha value is -2.66. The van der Waals surface area contributed by atoms with Crippen LogP contribution in [0.15, 0.2) is 54.6 Å². The highest BCUT2D eigenvalue weighted by atomic mass is 19.1. The molecule has 1 atom stereocenters. The molecule has 4 nitrogen and oxygen atoms in total. The second-order valence-corrected chi connectivity index (χ2v) is 7.30. The number of carbonyl (C=O) groups is 1. The molecule has 5 heteroatoms. The van der Waals surface area contributed by atoms with Gasteiger partial charge in [0.05, 0.1) is 6.10 Å². The molecule has 0 N–H and O–H groups in total. The van der Waals surface area contributed by atoms with Crippen molar-refractivity contribution < 1.29 is 13.9 Å². The van der Waals surface area contributed by atoms with Crippen LogP contribution >= 0.6 is 0 Å². The minimum absolute atomic E-state index is 0.0765. The van der Waals surface area contributed by atoms with Gasteiger partial charge in [0.2, 0.25) is 5.91 Å². The van der Waals surface area contributed by atoms with E-state index < -0.39 is 0 Å². The van der Waals surface area contributed by atoms with Gasteiger partial charge in [-0.2, -0.15) is 0 Å². The number of benzene rings is 2. The number of halogens is 1. The van der Waals surface area contributed by atoms with Gasteiger partial charge >= 0.3 is 0 Å². The molecule has 0 saturated carbocycles. The summed E-state index contributed by atoms with van der Waals surface area (Å²) in [5.74, 6) is -0.414. The topological polar surface area (TPSA) is 32.8 Å². The normalized spacial score (nSPS) is 16.5. The number of nitrogens with zero attached hydrogens (tertiary/aromatic N) is 2. The Morgan fingerprint density at radius 1 is 1.21 bits per heavy atom. The molecular formula is C23H27FN2O2. The molecule has 0 radical (unpaired) electrons. The monoisotopic (exact) mass is 382 g/mol. The largest absolute Gasteiger partial charge is 0.378 e. The van der Waals surface area contributed by atoms with Gasteiger partial charge in [0.25, 0.3) is 0 Å². The maximum atomic E-state index is 13.3. The number of anilines is 1. The van der Waals surface area contributed by atoms with E-state index in [2.05, 4.69) is 0 Å². The van der Waals surface area contributed by atoms with Gasteiger partial charge in [0.1, 0.15) is 5.82 Å². The van der Waals surface area contributed by atoms with Crippen LogP contribution < -0.4 is 4.90 Å². The maximum Gasteiger partial charge on any atom is 0.246 e. The van der Waals surface area contributed by atoms with Crippen LogP contribution in [0.5, 0.6) is 0 Å². The SMILES string of the molecule is CN(C)c1ccc(CN(CC2CCCO2)C(=O)C=Cc2cccc(F)c2)cc1. The maximum absolute atomic E-state index is 13.3. The van der Waals surface area contributed by atoms with Crippen molar-refractivity contribution in [2.45, 2.75) is 25.5 Å². The van der Waals surface area contributed by atoms with Crippen molar-refractivity contribution in [1.82, 2.24) is 4.90 Å². The summed E-state index contributed by atoms with van der Waals surface area (Å²) in [4.78, 5) is 16.7. The van der Waals surface area contributed by atoms with Crippen molar-refractivity contribution in [2.75, 3.05) is 32.1 Å². The smallest absolute Gasteiger partial charge is 0.246 e. The summed E-state index contributed by atoms with van der Waals surface area (Å²) in [5.41, 5.74) is 2.85. The highest BCUT2D eigenvalue weighted by molar-refractivity contribution is 5.91. The average Bonchev–Trinajstić information content (AvgIpc) is 3.19. The highest BCUT2D eigenvalue weighted by Crippen LogP contribution is 2.18. The third kappa shape index (κ3) is 5.67. The molecule has 1 amide bonds.